The molecule has 1 saturated carbocycles. The summed E-state index contributed by atoms with van der Waals surface area (Å²) in [7, 11) is 0. The lowest BCUT2D eigenvalue weighted by Gasteiger charge is -2.32. The number of hydrogen-bond acceptors (Lipinski definition) is 4. The van der Waals surface area contributed by atoms with Crippen LogP contribution < -0.4 is 10.6 Å². The molecule has 2 aliphatic rings. The molecule has 0 bridgehead atoms. The summed E-state index contributed by atoms with van der Waals surface area (Å²) in [4.78, 5) is 11.6. The summed E-state index contributed by atoms with van der Waals surface area (Å²) < 4.78 is 0. The third kappa shape index (κ3) is 2.89. The fourth-order valence-electron chi connectivity index (χ4n) is 3.40. The number of hydrogen-bond donors (Lipinski definition) is 1. The van der Waals surface area contributed by atoms with Gasteiger partial charge in [-0.25, -0.2) is 9.97 Å². The Morgan fingerprint density at radius 2 is 2.05 bits per heavy atom. The second-order valence-corrected chi connectivity index (χ2v) is 5.95. The molecule has 0 aromatic carbocycles. The molecule has 2 heterocycles. The van der Waals surface area contributed by atoms with E-state index < -0.39 is 0 Å². The number of nitrogens with two attached hydrogens (primary N) is 1. The zero-order valence-corrected chi connectivity index (χ0v) is 11.6. The first-order chi connectivity index (χ1) is 9.36. The second-order valence-electron chi connectivity index (χ2n) is 5.95. The van der Waals surface area contributed by atoms with Crippen molar-refractivity contribution in [2.75, 3.05) is 24.5 Å². The largest absolute Gasteiger partial charge is 0.340 e. The molecule has 1 aliphatic heterocycles. The number of aromatic nitrogens is 2. The standard InChI is InChI=1S/C15H24N4/c16-10-12-4-3-9-19(11-12)15-17-8-7-14(18-15)13-5-1-2-6-13/h7-8,12-13H,1-6,9-11,16H2. The van der Waals surface area contributed by atoms with Gasteiger partial charge in [0.05, 0.1) is 0 Å². The average Bonchev–Trinajstić information content (AvgIpc) is 3.02. The summed E-state index contributed by atoms with van der Waals surface area (Å²) in [5.41, 5.74) is 7.05. The zero-order chi connectivity index (χ0) is 13.1. The highest BCUT2D eigenvalue weighted by molar-refractivity contribution is 5.32. The molecular weight excluding hydrogens is 236 g/mol. The summed E-state index contributed by atoms with van der Waals surface area (Å²) >= 11 is 0. The summed E-state index contributed by atoms with van der Waals surface area (Å²) in [5, 5.41) is 0. The zero-order valence-electron chi connectivity index (χ0n) is 11.6. The summed E-state index contributed by atoms with van der Waals surface area (Å²) in [5.74, 6) is 2.19. The van der Waals surface area contributed by atoms with Crippen LogP contribution in [0.1, 0.15) is 50.1 Å². The predicted octanol–water partition coefficient (Wildman–Crippen LogP) is 2.31. The molecule has 0 amide bonds. The molecule has 2 fully saturated rings. The quantitative estimate of drug-likeness (QED) is 0.906. The highest BCUT2D eigenvalue weighted by Crippen LogP contribution is 2.33. The smallest absolute Gasteiger partial charge is 0.225 e. The summed E-state index contributed by atoms with van der Waals surface area (Å²) in [6.07, 6.45) is 9.67. The molecule has 1 atom stereocenters. The third-order valence-corrected chi connectivity index (χ3v) is 4.57. The molecule has 1 unspecified atom stereocenters. The van der Waals surface area contributed by atoms with Crippen LogP contribution in [0.4, 0.5) is 5.95 Å². The molecule has 4 heteroatoms. The molecule has 1 aromatic heterocycles. The van der Waals surface area contributed by atoms with Crippen LogP contribution in [0, 0.1) is 5.92 Å². The van der Waals surface area contributed by atoms with Crippen LogP contribution in [0.25, 0.3) is 0 Å². The van der Waals surface area contributed by atoms with E-state index in [2.05, 4.69) is 16.0 Å². The number of anilines is 1. The number of rotatable bonds is 3. The lowest BCUT2D eigenvalue weighted by Crippen LogP contribution is -2.39. The molecular formula is C15H24N4. The van der Waals surface area contributed by atoms with Crippen molar-refractivity contribution in [3.8, 4) is 0 Å². The van der Waals surface area contributed by atoms with E-state index in [1.807, 2.05) is 6.20 Å². The minimum Gasteiger partial charge on any atom is -0.340 e. The van der Waals surface area contributed by atoms with E-state index in [-0.39, 0.29) is 0 Å². The van der Waals surface area contributed by atoms with Crippen LogP contribution in [0.15, 0.2) is 12.3 Å². The Kier molecular flexibility index (Phi) is 3.97. The Labute approximate surface area is 115 Å². The normalized spacial score (nSPS) is 24.9. The number of nitrogens with zero attached hydrogens (tertiary/aromatic N) is 3. The van der Waals surface area contributed by atoms with Crippen molar-refractivity contribution in [3.63, 3.8) is 0 Å². The van der Waals surface area contributed by atoms with Crippen molar-refractivity contribution < 1.29 is 0 Å². The summed E-state index contributed by atoms with van der Waals surface area (Å²) in [6, 6.07) is 2.10. The molecule has 1 saturated heterocycles. The molecule has 1 aliphatic carbocycles. The van der Waals surface area contributed by atoms with E-state index in [9.17, 15) is 0 Å². The van der Waals surface area contributed by atoms with Crippen molar-refractivity contribution in [3.05, 3.63) is 18.0 Å². The van der Waals surface area contributed by atoms with Crippen molar-refractivity contribution >= 4 is 5.95 Å². The highest BCUT2D eigenvalue weighted by atomic mass is 15.3. The minimum atomic E-state index is 0.604. The Morgan fingerprint density at radius 1 is 1.21 bits per heavy atom. The maximum atomic E-state index is 5.81. The van der Waals surface area contributed by atoms with Crippen LogP contribution in [0.2, 0.25) is 0 Å². The van der Waals surface area contributed by atoms with Gasteiger partial charge in [-0.15, -0.1) is 0 Å². The Hall–Kier alpha value is -1.16. The molecule has 2 N–H and O–H groups in total. The van der Waals surface area contributed by atoms with Gasteiger partial charge in [0.2, 0.25) is 5.95 Å². The van der Waals surface area contributed by atoms with Gasteiger partial charge in [-0.3, -0.25) is 0 Å². The van der Waals surface area contributed by atoms with Gasteiger partial charge in [0.15, 0.2) is 0 Å². The summed E-state index contributed by atoms with van der Waals surface area (Å²) in [6.45, 7) is 2.87. The highest BCUT2D eigenvalue weighted by Gasteiger charge is 2.23. The lowest BCUT2D eigenvalue weighted by molar-refractivity contribution is 0.419. The van der Waals surface area contributed by atoms with Gasteiger partial charge in [-0.1, -0.05) is 12.8 Å². The third-order valence-electron chi connectivity index (χ3n) is 4.57. The topological polar surface area (TPSA) is 55.0 Å². The molecule has 3 rings (SSSR count). The molecule has 0 spiro atoms. The van der Waals surface area contributed by atoms with Gasteiger partial charge < -0.3 is 10.6 Å². The van der Waals surface area contributed by atoms with E-state index in [1.165, 1.54) is 44.2 Å². The van der Waals surface area contributed by atoms with Crippen LogP contribution in [0.3, 0.4) is 0 Å². The van der Waals surface area contributed by atoms with Gasteiger partial charge in [-0.2, -0.15) is 0 Å². The lowest BCUT2D eigenvalue weighted by atomic mass is 9.98. The van der Waals surface area contributed by atoms with Crippen molar-refractivity contribution in [2.24, 2.45) is 11.7 Å². The first-order valence-electron chi connectivity index (χ1n) is 7.65. The Morgan fingerprint density at radius 3 is 2.84 bits per heavy atom. The van der Waals surface area contributed by atoms with Gasteiger partial charge in [0.1, 0.15) is 0 Å². The van der Waals surface area contributed by atoms with E-state index >= 15 is 0 Å². The van der Waals surface area contributed by atoms with Gasteiger partial charge in [0.25, 0.3) is 0 Å². The van der Waals surface area contributed by atoms with Crippen LogP contribution in [-0.2, 0) is 0 Å². The van der Waals surface area contributed by atoms with E-state index in [4.69, 9.17) is 10.7 Å². The van der Waals surface area contributed by atoms with Crippen molar-refractivity contribution in [1.82, 2.24) is 9.97 Å². The monoisotopic (exact) mass is 260 g/mol. The van der Waals surface area contributed by atoms with E-state index in [0.29, 0.717) is 11.8 Å². The SMILES string of the molecule is NCC1CCCN(c2nccc(C3CCCC3)n2)C1. The predicted molar refractivity (Wildman–Crippen MR) is 77.2 cm³/mol. The maximum Gasteiger partial charge on any atom is 0.225 e. The first kappa shape index (κ1) is 12.9. The molecule has 1 aromatic rings. The molecule has 19 heavy (non-hydrogen) atoms. The van der Waals surface area contributed by atoms with Crippen molar-refractivity contribution in [1.29, 1.82) is 0 Å². The fourth-order valence-corrected chi connectivity index (χ4v) is 3.40. The van der Waals surface area contributed by atoms with E-state index in [1.54, 1.807) is 0 Å². The van der Waals surface area contributed by atoms with Gasteiger partial charge >= 0.3 is 0 Å². The fraction of sp³-hybridized carbons (Fsp3) is 0.733. The van der Waals surface area contributed by atoms with Crippen molar-refractivity contribution in [2.45, 2.75) is 44.4 Å². The van der Waals surface area contributed by atoms with E-state index in [0.717, 1.165) is 25.6 Å². The Bertz CT molecular complexity index is 414. The van der Waals surface area contributed by atoms with Gasteiger partial charge in [-0.05, 0) is 44.2 Å². The van der Waals surface area contributed by atoms with Crippen LogP contribution in [-0.4, -0.2) is 29.6 Å². The second kappa shape index (κ2) is 5.87. The molecule has 0 radical (unpaired) electrons. The average molecular weight is 260 g/mol. The Balaban J connectivity index is 1.74. The maximum absolute atomic E-state index is 5.81. The van der Waals surface area contributed by atoms with Gasteiger partial charge in [0, 0.05) is 30.9 Å². The first-order valence-corrected chi connectivity index (χ1v) is 7.65. The minimum absolute atomic E-state index is 0.604. The molecule has 104 valence electrons. The molecule has 4 nitrogen and oxygen atoms in total. The van der Waals surface area contributed by atoms with Crippen LogP contribution >= 0.6 is 0 Å². The van der Waals surface area contributed by atoms with Crippen LogP contribution in [0.5, 0.6) is 0 Å². The number of piperidine rings is 1.